The number of hydrogen-bond acceptors (Lipinski definition) is 4. The molecule has 0 aliphatic carbocycles. The highest BCUT2D eigenvalue weighted by molar-refractivity contribution is 5.98. The number of ether oxygens (including phenoxy) is 1. The summed E-state index contributed by atoms with van der Waals surface area (Å²) < 4.78 is 4.67. The number of anilines is 1. The van der Waals surface area contributed by atoms with E-state index < -0.39 is 0 Å². The average molecular weight is 248 g/mol. The molecule has 1 unspecified atom stereocenters. The maximum atomic E-state index is 11.9. The van der Waals surface area contributed by atoms with Gasteiger partial charge in [0.05, 0.1) is 13.0 Å². The van der Waals surface area contributed by atoms with Crippen LogP contribution in [0.1, 0.15) is 18.9 Å². The number of rotatable bonds is 3. The van der Waals surface area contributed by atoms with Crippen molar-refractivity contribution < 1.29 is 14.3 Å². The first-order valence-corrected chi connectivity index (χ1v) is 5.98. The third-order valence-corrected chi connectivity index (χ3v) is 3.15. The van der Waals surface area contributed by atoms with Crippen LogP contribution in [-0.2, 0) is 20.7 Å². The summed E-state index contributed by atoms with van der Waals surface area (Å²) in [6.45, 7) is 2.40. The summed E-state index contributed by atoms with van der Waals surface area (Å²) >= 11 is 0. The van der Waals surface area contributed by atoms with Crippen LogP contribution in [0, 0.1) is 5.92 Å². The monoisotopic (exact) mass is 248 g/mol. The van der Waals surface area contributed by atoms with Crippen molar-refractivity contribution in [1.82, 2.24) is 4.98 Å². The second-order valence-corrected chi connectivity index (χ2v) is 4.30. The van der Waals surface area contributed by atoms with Gasteiger partial charge < -0.3 is 4.74 Å². The molecule has 5 heteroatoms. The molecule has 0 bridgehead atoms. The minimum absolute atomic E-state index is 0.0776. The van der Waals surface area contributed by atoms with E-state index in [1.807, 2.05) is 19.1 Å². The fraction of sp³-hybridized carbons (Fsp3) is 0.462. The van der Waals surface area contributed by atoms with E-state index in [1.54, 1.807) is 11.1 Å². The predicted molar refractivity (Wildman–Crippen MR) is 66.1 cm³/mol. The highest BCUT2D eigenvalue weighted by Crippen LogP contribution is 2.24. The van der Waals surface area contributed by atoms with Crippen LogP contribution in [-0.4, -0.2) is 30.5 Å². The van der Waals surface area contributed by atoms with Crippen molar-refractivity contribution in [2.75, 3.05) is 18.6 Å². The summed E-state index contributed by atoms with van der Waals surface area (Å²) in [4.78, 5) is 29.1. The number of amides is 1. The van der Waals surface area contributed by atoms with E-state index in [0.29, 0.717) is 12.4 Å². The van der Waals surface area contributed by atoms with Crippen molar-refractivity contribution in [3.8, 4) is 0 Å². The number of aryl methyl sites for hydroxylation is 1. The van der Waals surface area contributed by atoms with E-state index in [9.17, 15) is 9.59 Å². The van der Waals surface area contributed by atoms with Gasteiger partial charge in [0, 0.05) is 19.2 Å². The first-order chi connectivity index (χ1) is 8.65. The molecule has 0 spiro atoms. The zero-order valence-electron chi connectivity index (χ0n) is 10.5. The Labute approximate surface area is 106 Å². The Morgan fingerprint density at radius 1 is 1.61 bits per heavy atom. The van der Waals surface area contributed by atoms with Gasteiger partial charge in [0.15, 0.2) is 0 Å². The number of aromatic nitrogens is 1. The summed E-state index contributed by atoms with van der Waals surface area (Å²) in [5.41, 5.74) is 1.12. The highest BCUT2D eigenvalue weighted by Gasteiger charge is 2.36. The van der Waals surface area contributed by atoms with E-state index >= 15 is 0 Å². The standard InChI is InChI=1S/C13H16N2O3/c1-3-9-4-5-14-11(6-9)15-8-10(7-12(15)16)13(17)18-2/h4-6,10H,3,7-8H2,1-2H3. The van der Waals surface area contributed by atoms with Crippen molar-refractivity contribution in [2.45, 2.75) is 19.8 Å². The van der Waals surface area contributed by atoms with E-state index in [0.717, 1.165) is 12.0 Å². The zero-order chi connectivity index (χ0) is 13.1. The molecule has 2 rings (SSSR count). The van der Waals surface area contributed by atoms with Crippen molar-refractivity contribution in [3.63, 3.8) is 0 Å². The van der Waals surface area contributed by atoms with Gasteiger partial charge in [0.2, 0.25) is 5.91 Å². The zero-order valence-corrected chi connectivity index (χ0v) is 10.5. The van der Waals surface area contributed by atoms with Crippen LogP contribution in [0.25, 0.3) is 0 Å². The largest absolute Gasteiger partial charge is 0.469 e. The summed E-state index contributed by atoms with van der Waals surface area (Å²) in [6.07, 6.45) is 2.77. The highest BCUT2D eigenvalue weighted by atomic mass is 16.5. The first kappa shape index (κ1) is 12.5. The molecule has 1 aliphatic rings. The van der Waals surface area contributed by atoms with Gasteiger partial charge in [-0.3, -0.25) is 14.5 Å². The molecule has 2 heterocycles. The lowest BCUT2D eigenvalue weighted by molar-refractivity contribution is -0.145. The van der Waals surface area contributed by atoms with E-state index in [1.165, 1.54) is 7.11 Å². The molecule has 1 amide bonds. The Morgan fingerprint density at radius 3 is 3.06 bits per heavy atom. The van der Waals surface area contributed by atoms with E-state index in [-0.39, 0.29) is 24.2 Å². The van der Waals surface area contributed by atoms with Crippen LogP contribution in [0.3, 0.4) is 0 Å². The molecule has 1 fully saturated rings. The van der Waals surface area contributed by atoms with Crippen LogP contribution in [0.5, 0.6) is 0 Å². The average Bonchev–Trinajstić information content (AvgIpc) is 2.80. The van der Waals surface area contributed by atoms with Gasteiger partial charge in [-0.15, -0.1) is 0 Å². The van der Waals surface area contributed by atoms with Gasteiger partial charge in [0.1, 0.15) is 5.82 Å². The molecule has 0 aromatic carbocycles. The molecule has 5 nitrogen and oxygen atoms in total. The summed E-state index contributed by atoms with van der Waals surface area (Å²) in [5.74, 6) is -0.177. The van der Waals surface area contributed by atoms with Crippen molar-refractivity contribution in [2.24, 2.45) is 5.92 Å². The second-order valence-electron chi connectivity index (χ2n) is 4.30. The lowest BCUT2D eigenvalue weighted by atomic mass is 10.1. The minimum atomic E-state index is -0.380. The van der Waals surface area contributed by atoms with Crippen molar-refractivity contribution >= 4 is 17.7 Å². The molecule has 1 atom stereocenters. The topological polar surface area (TPSA) is 59.5 Å². The Kier molecular flexibility index (Phi) is 3.60. The number of esters is 1. The fourth-order valence-electron chi connectivity index (χ4n) is 2.08. The van der Waals surface area contributed by atoms with Crippen LogP contribution in [0.4, 0.5) is 5.82 Å². The van der Waals surface area contributed by atoms with Crippen LogP contribution < -0.4 is 4.90 Å². The molecule has 1 aromatic rings. The van der Waals surface area contributed by atoms with Gasteiger partial charge in [-0.05, 0) is 24.1 Å². The SMILES string of the molecule is CCc1ccnc(N2CC(C(=O)OC)CC2=O)c1. The summed E-state index contributed by atoms with van der Waals surface area (Å²) in [6, 6.07) is 3.80. The Hall–Kier alpha value is -1.91. The third kappa shape index (κ3) is 2.34. The Morgan fingerprint density at radius 2 is 2.39 bits per heavy atom. The normalized spacial score (nSPS) is 19.1. The molecule has 0 N–H and O–H groups in total. The maximum Gasteiger partial charge on any atom is 0.311 e. The number of pyridine rings is 1. The molecule has 1 aromatic heterocycles. The molecular weight excluding hydrogens is 232 g/mol. The molecule has 1 aliphatic heterocycles. The van der Waals surface area contributed by atoms with E-state index in [2.05, 4.69) is 9.72 Å². The van der Waals surface area contributed by atoms with Gasteiger partial charge in [-0.1, -0.05) is 6.92 Å². The molecular formula is C13H16N2O3. The van der Waals surface area contributed by atoms with Gasteiger partial charge in [-0.25, -0.2) is 4.98 Å². The second kappa shape index (κ2) is 5.16. The molecule has 96 valence electrons. The maximum absolute atomic E-state index is 11.9. The van der Waals surface area contributed by atoms with Crippen molar-refractivity contribution in [3.05, 3.63) is 23.9 Å². The number of nitrogens with zero attached hydrogens (tertiary/aromatic N) is 2. The number of hydrogen-bond donors (Lipinski definition) is 0. The minimum Gasteiger partial charge on any atom is -0.469 e. The molecule has 18 heavy (non-hydrogen) atoms. The first-order valence-electron chi connectivity index (χ1n) is 5.98. The number of carbonyl (C=O) groups excluding carboxylic acids is 2. The fourth-order valence-corrected chi connectivity index (χ4v) is 2.08. The quantitative estimate of drug-likeness (QED) is 0.753. The van der Waals surface area contributed by atoms with Crippen LogP contribution in [0.15, 0.2) is 18.3 Å². The molecule has 1 saturated heterocycles. The summed E-state index contributed by atoms with van der Waals surface area (Å²) in [7, 11) is 1.34. The van der Waals surface area contributed by atoms with Crippen molar-refractivity contribution in [1.29, 1.82) is 0 Å². The van der Waals surface area contributed by atoms with E-state index in [4.69, 9.17) is 0 Å². The Bertz CT molecular complexity index is 473. The predicted octanol–water partition coefficient (Wildman–Crippen LogP) is 1.17. The summed E-state index contributed by atoms with van der Waals surface area (Å²) in [5, 5.41) is 0. The number of carbonyl (C=O) groups is 2. The Balaban J connectivity index is 2.18. The van der Waals surface area contributed by atoms with Gasteiger partial charge in [-0.2, -0.15) is 0 Å². The van der Waals surface area contributed by atoms with Crippen LogP contribution in [0.2, 0.25) is 0 Å². The van der Waals surface area contributed by atoms with Crippen LogP contribution >= 0.6 is 0 Å². The lowest BCUT2D eigenvalue weighted by Crippen LogP contribution is -2.27. The number of methoxy groups -OCH3 is 1. The third-order valence-electron chi connectivity index (χ3n) is 3.15. The lowest BCUT2D eigenvalue weighted by Gasteiger charge is -2.15. The van der Waals surface area contributed by atoms with Gasteiger partial charge in [0.25, 0.3) is 0 Å². The molecule has 0 saturated carbocycles. The molecule has 0 radical (unpaired) electrons. The van der Waals surface area contributed by atoms with Gasteiger partial charge >= 0.3 is 5.97 Å². The smallest absolute Gasteiger partial charge is 0.311 e.